The van der Waals surface area contributed by atoms with E-state index in [2.05, 4.69) is 13.8 Å². The van der Waals surface area contributed by atoms with E-state index in [0.717, 1.165) is 12.8 Å². The van der Waals surface area contributed by atoms with Crippen molar-refractivity contribution in [1.82, 2.24) is 0 Å². The number of nitrogens with two attached hydrogens (primary N) is 2. The maximum Gasteiger partial charge on any atom is 0.0636 e. The standard InChI is InChI=1S/C21H46N2/c1-3-5-7-9-11-13-15-17-19-21(22,23)20-18-16-14-12-10-8-6-4-2/h3-20,22-23H2,1-2H3. The third-order valence-corrected chi connectivity index (χ3v) is 4.99. The van der Waals surface area contributed by atoms with Gasteiger partial charge in [-0.3, -0.25) is 0 Å². The van der Waals surface area contributed by atoms with Crippen LogP contribution in [-0.4, -0.2) is 5.66 Å². The summed E-state index contributed by atoms with van der Waals surface area (Å²) >= 11 is 0. The first-order chi connectivity index (χ1) is 11.1. The van der Waals surface area contributed by atoms with Crippen molar-refractivity contribution in [3.05, 3.63) is 0 Å². The van der Waals surface area contributed by atoms with Crippen molar-refractivity contribution in [3.63, 3.8) is 0 Å². The van der Waals surface area contributed by atoms with E-state index in [0.29, 0.717) is 0 Å². The van der Waals surface area contributed by atoms with Gasteiger partial charge in [-0.15, -0.1) is 0 Å². The Morgan fingerprint density at radius 2 is 0.696 bits per heavy atom. The predicted octanol–water partition coefficient (Wildman–Crippen LogP) is 6.66. The van der Waals surface area contributed by atoms with E-state index in [9.17, 15) is 0 Å². The molecule has 0 aliphatic heterocycles. The van der Waals surface area contributed by atoms with Crippen LogP contribution in [0.25, 0.3) is 0 Å². The molecule has 2 heteroatoms. The van der Waals surface area contributed by atoms with E-state index in [1.54, 1.807) is 0 Å². The van der Waals surface area contributed by atoms with Crippen molar-refractivity contribution in [2.24, 2.45) is 11.5 Å². The molecule has 0 spiro atoms. The quantitative estimate of drug-likeness (QED) is 0.218. The van der Waals surface area contributed by atoms with E-state index < -0.39 is 5.66 Å². The van der Waals surface area contributed by atoms with Gasteiger partial charge >= 0.3 is 0 Å². The van der Waals surface area contributed by atoms with Gasteiger partial charge in [0.1, 0.15) is 0 Å². The molecule has 0 saturated carbocycles. The number of hydrogen-bond donors (Lipinski definition) is 2. The van der Waals surface area contributed by atoms with Crippen molar-refractivity contribution in [2.75, 3.05) is 0 Å². The zero-order chi connectivity index (χ0) is 17.2. The van der Waals surface area contributed by atoms with Crippen molar-refractivity contribution in [3.8, 4) is 0 Å². The van der Waals surface area contributed by atoms with E-state index in [1.165, 1.54) is 103 Å². The zero-order valence-electron chi connectivity index (χ0n) is 16.4. The fraction of sp³-hybridized carbons (Fsp3) is 1.00. The van der Waals surface area contributed by atoms with Crippen LogP contribution < -0.4 is 11.5 Å². The topological polar surface area (TPSA) is 52.0 Å². The van der Waals surface area contributed by atoms with Crippen LogP contribution in [0.3, 0.4) is 0 Å². The summed E-state index contributed by atoms with van der Waals surface area (Å²) in [6, 6.07) is 0. The first kappa shape index (κ1) is 22.9. The summed E-state index contributed by atoms with van der Waals surface area (Å²) in [5.74, 6) is 0. The van der Waals surface area contributed by atoms with Crippen molar-refractivity contribution in [1.29, 1.82) is 0 Å². The molecule has 0 aliphatic rings. The molecule has 0 radical (unpaired) electrons. The fourth-order valence-electron chi connectivity index (χ4n) is 3.30. The molecule has 0 aliphatic carbocycles. The van der Waals surface area contributed by atoms with Crippen molar-refractivity contribution < 1.29 is 0 Å². The highest BCUT2D eigenvalue weighted by atomic mass is 14.9. The summed E-state index contributed by atoms with van der Waals surface area (Å²) in [5, 5.41) is 0. The van der Waals surface area contributed by atoms with Gasteiger partial charge in [0.2, 0.25) is 0 Å². The van der Waals surface area contributed by atoms with Crippen LogP contribution in [0.4, 0.5) is 0 Å². The maximum absolute atomic E-state index is 6.26. The van der Waals surface area contributed by atoms with Gasteiger partial charge in [0, 0.05) is 0 Å². The highest BCUT2D eigenvalue weighted by Gasteiger charge is 2.17. The molecular formula is C21H46N2. The first-order valence-corrected chi connectivity index (χ1v) is 10.7. The lowest BCUT2D eigenvalue weighted by Gasteiger charge is -2.24. The summed E-state index contributed by atoms with van der Waals surface area (Å²) in [6.45, 7) is 4.54. The van der Waals surface area contributed by atoms with Crippen LogP contribution in [-0.2, 0) is 0 Å². The Labute approximate surface area is 147 Å². The van der Waals surface area contributed by atoms with Gasteiger partial charge in [-0.25, -0.2) is 0 Å². The molecule has 0 aromatic carbocycles. The second kappa shape index (κ2) is 16.8. The second-order valence-corrected chi connectivity index (χ2v) is 7.68. The largest absolute Gasteiger partial charge is 0.313 e. The van der Waals surface area contributed by atoms with Gasteiger partial charge in [-0.2, -0.15) is 0 Å². The summed E-state index contributed by atoms with van der Waals surface area (Å²) in [6.07, 6.45) is 23.6. The minimum absolute atomic E-state index is 0.412. The molecule has 0 unspecified atom stereocenters. The lowest BCUT2D eigenvalue weighted by Crippen LogP contribution is -2.49. The highest BCUT2D eigenvalue weighted by molar-refractivity contribution is 4.76. The SMILES string of the molecule is CCCCCCCCCCC(N)(N)CCCCCCCCCC. The molecule has 0 bridgehead atoms. The monoisotopic (exact) mass is 326 g/mol. The minimum Gasteiger partial charge on any atom is -0.313 e. The Hall–Kier alpha value is -0.0800. The van der Waals surface area contributed by atoms with Crippen LogP contribution in [0.15, 0.2) is 0 Å². The molecule has 4 N–H and O–H groups in total. The van der Waals surface area contributed by atoms with Crippen molar-refractivity contribution >= 4 is 0 Å². The molecule has 0 aromatic rings. The average molecular weight is 327 g/mol. The molecule has 0 heterocycles. The van der Waals surface area contributed by atoms with Crippen LogP contribution in [0.5, 0.6) is 0 Å². The lowest BCUT2D eigenvalue weighted by atomic mass is 9.95. The van der Waals surface area contributed by atoms with Gasteiger partial charge in [-0.05, 0) is 12.8 Å². The predicted molar refractivity (Wildman–Crippen MR) is 106 cm³/mol. The molecule has 0 saturated heterocycles. The Bertz CT molecular complexity index is 204. The van der Waals surface area contributed by atoms with Crippen molar-refractivity contribution in [2.45, 2.75) is 135 Å². The Balaban J connectivity index is 3.33. The number of unbranched alkanes of at least 4 members (excludes halogenated alkanes) is 14. The van der Waals surface area contributed by atoms with Gasteiger partial charge in [0.15, 0.2) is 0 Å². The molecule has 2 nitrogen and oxygen atoms in total. The van der Waals surface area contributed by atoms with E-state index >= 15 is 0 Å². The third kappa shape index (κ3) is 18.1. The summed E-state index contributed by atoms with van der Waals surface area (Å²) < 4.78 is 0. The summed E-state index contributed by atoms with van der Waals surface area (Å²) in [5.41, 5.74) is 12.1. The molecule has 0 rings (SSSR count). The van der Waals surface area contributed by atoms with Crippen LogP contribution >= 0.6 is 0 Å². The second-order valence-electron chi connectivity index (χ2n) is 7.68. The minimum atomic E-state index is -0.412. The summed E-state index contributed by atoms with van der Waals surface area (Å²) in [7, 11) is 0. The number of hydrogen-bond acceptors (Lipinski definition) is 2. The molecular weight excluding hydrogens is 280 g/mol. The Morgan fingerprint density at radius 1 is 0.435 bits per heavy atom. The fourth-order valence-corrected chi connectivity index (χ4v) is 3.30. The van der Waals surface area contributed by atoms with Gasteiger partial charge in [-0.1, -0.05) is 117 Å². The van der Waals surface area contributed by atoms with Crippen LogP contribution in [0.2, 0.25) is 0 Å². The van der Waals surface area contributed by atoms with E-state index in [4.69, 9.17) is 11.5 Å². The van der Waals surface area contributed by atoms with Gasteiger partial charge < -0.3 is 11.5 Å². The molecule has 0 atom stereocenters. The Kier molecular flexibility index (Phi) is 16.7. The average Bonchev–Trinajstić information content (AvgIpc) is 2.52. The molecule has 23 heavy (non-hydrogen) atoms. The normalized spacial score (nSPS) is 12.0. The van der Waals surface area contributed by atoms with E-state index in [-0.39, 0.29) is 0 Å². The highest BCUT2D eigenvalue weighted by Crippen LogP contribution is 2.17. The number of rotatable bonds is 18. The van der Waals surface area contributed by atoms with E-state index in [1.807, 2.05) is 0 Å². The Morgan fingerprint density at radius 3 is 1.00 bits per heavy atom. The molecule has 0 fully saturated rings. The molecule has 0 aromatic heterocycles. The first-order valence-electron chi connectivity index (χ1n) is 10.7. The van der Waals surface area contributed by atoms with Gasteiger partial charge in [0.25, 0.3) is 0 Å². The smallest absolute Gasteiger partial charge is 0.0636 e. The lowest BCUT2D eigenvalue weighted by molar-refractivity contribution is 0.345. The van der Waals surface area contributed by atoms with Crippen LogP contribution in [0, 0.1) is 0 Å². The zero-order valence-corrected chi connectivity index (χ0v) is 16.4. The van der Waals surface area contributed by atoms with Crippen LogP contribution in [0.1, 0.15) is 129 Å². The maximum atomic E-state index is 6.26. The molecule has 0 amide bonds. The van der Waals surface area contributed by atoms with Gasteiger partial charge in [0.05, 0.1) is 5.66 Å². The molecule has 140 valence electrons. The summed E-state index contributed by atoms with van der Waals surface area (Å²) in [4.78, 5) is 0. The third-order valence-electron chi connectivity index (χ3n) is 4.99.